The predicted molar refractivity (Wildman–Crippen MR) is 151 cm³/mol. The van der Waals surface area contributed by atoms with Crippen molar-refractivity contribution in [2.24, 2.45) is 0 Å². The molecule has 0 amide bonds. The third-order valence-electron chi connectivity index (χ3n) is 8.54. The van der Waals surface area contributed by atoms with Crippen LogP contribution in [0.1, 0.15) is 31.2 Å². The fourth-order valence-electron chi connectivity index (χ4n) is 6.62. The van der Waals surface area contributed by atoms with E-state index in [0.717, 1.165) is 30.7 Å². The molecule has 0 spiro atoms. The van der Waals surface area contributed by atoms with E-state index in [9.17, 15) is 14.0 Å². The highest BCUT2D eigenvalue weighted by atomic mass is 32.1. The normalized spacial score (nSPS) is 22.4. The maximum atomic E-state index is 16.6. The van der Waals surface area contributed by atoms with E-state index in [-0.39, 0.29) is 44.3 Å². The second-order valence-corrected chi connectivity index (χ2v) is 12.1. The number of halogens is 3. The summed E-state index contributed by atoms with van der Waals surface area (Å²) in [5, 5.41) is 10.6. The van der Waals surface area contributed by atoms with Crippen molar-refractivity contribution in [1.82, 2.24) is 14.9 Å². The molecule has 41 heavy (non-hydrogen) atoms. The average Bonchev–Trinajstić information content (AvgIpc) is 3.59. The predicted octanol–water partition coefficient (Wildman–Crippen LogP) is 5.42. The Bertz CT molecular complexity index is 1760. The number of rotatable bonds is 4. The summed E-state index contributed by atoms with van der Waals surface area (Å²) in [5.41, 5.74) is 6.11. The maximum Gasteiger partial charge on any atom is 0.319 e. The minimum Gasteiger partial charge on any atom is -0.493 e. The number of ether oxygens (including phenoxy) is 2. The van der Waals surface area contributed by atoms with E-state index in [1.54, 1.807) is 6.07 Å². The summed E-state index contributed by atoms with van der Waals surface area (Å²) in [4.78, 5) is 13.2. The Morgan fingerprint density at radius 3 is 2.90 bits per heavy atom. The van der Waals surface area contributed by atoms with Crippen LogP contribution in [0.5, 0.6) is 11.8 Å². The lowest BCUT2D eigenvalue weighted by Gasteiger charge is -2.31. The Balaban J connectivity index is 1.41. The van der Waals surface area contributed by atoms with Gasteiger partial charge in [0.25, 0.3) is 0 Å². The van der Waals surface area contributed by atoms with Crippen molar-refractivity contribution in [2.75, 3.05) is 50.5 Å². The Kier molecular flexibility index (Phi) is 6.13. The fraction of sp³-hybridized carbons (Fsp3) is 0.414. The first-order valence-electron chi connectivity index (χ1n) is 13.6. The standard InChI is InChI=1S/C29H27F3N6O2S/c1-37-7-3-9-39-20-10-17(16-4-5-19(31)25-21(16)18(12-33)26(34)41-25)23(32)24-22(20)27(37)36-28(35-24)40-14-29-6-2-8-38(29)13-15(30)11-29/h4-5,10,15H,2-3,6-9,11,13-14,34H2,1H3/t15-,29+/m1/s1. The van der Waals surface area contributed by atoms with Gasteiger partial charge in [-0.25, -0.2) is 13.2 Å². The maximum absolute atomic E-state index is 16.6. The summed E-state index contributed by atoms with van der Waals surface area (Å²) in [7, 11) is 1.87. The number of nitrogens with two attached hydrogens (primary N) is 1. The van der Waals surface area contributed by atoms with Crippen molar-refractivity contribution in [3.8, 4) is 29.0 Å². The van der Waals surface area contributed by atoms with Crippen LogP contribution >= 0.6 is 11.3 Å². The lowest BCUT2D eigenvalue weighted by atomic mass is 9.95. The molecule has 212 valence electrons. The molecule has 2 saturated heterocycles. The summed E-state index contributed by atoms with van der Waals surface area (Å²) in [5.74, 6) is -0.386. The number of fused-ring (bicyclic) bond motifs is 2. The van der Waals surface area contributed by atoms with Gasteiger partial charge >= 0.3 is 6.01 Å². The molecule has 2 atom stereocenters. The summed E-state index contributed by atoms with van der Waals surface area (Å²) in [6.45, 7) is 2.41. The molecule has 7 rings (SSSR count). The number of nitrogen functional groups attached to an aromatic ring is 1. The largest absolute Gasteiger partial charge is 0.493 e. The van der Waals surface area contributed by atoms with Crippen LogP contribution < -0.4 is 20.1 Å². The van der Waals surface area contributed by atoms with Crippen LogP contribution in [0, 0.1) is 23.0 Å². The minimum absolute atomic E-state index is 0.00722. The first-order valence-corrected chi connectivity index (χ1v) is 14.4. The number of hydrogen-bond donors (Lipinski definition) is 1. The minimum atomic E-state index is -0.910. The van der Waals surface area contributed by atoms with Crippen LogP contribution in [-0.2, 0) is 0 Å². The summed E-state index contributed by atoms with van der Waals surface area (Å²) in [6, 6.07) is 6.27. The van der Waals surface area contributed by atoms with Crippen LogP contribution in [0.4, 0.5) is 24.0 Å². The van der Waals surface area contributed by atoms with E-state index in [4.69, 9.17) is 15.2 Å². The molecule has 8 nitrogen and oxygen atoms in total. The lowest BCUT2D eigenvalue weighted by molar-refractivity contribution is 0.107. The molecular weight excluding hydrogens is 553 g/mol. The van der Waals surface area contributed by atoms with Crippen molar-refractivity contribution in [2.45, 2.75) is 37.4 Å². The molecule has 0 aliphatic carbocycles. The molecule has 3 aliphatic heterocycles. The molecule has 2 N–H and O–H groups in total. The van der Waals surface area contributed by atoms with Gasteiger partial charge in [0.05, 0.1) is 27.8 Å². The quantitative estimate of drug-likeness (QED) is 0.342. The monoisotopic (exact) mass is 580 g/mol. The molecule has 5 heterocycles. The number of benzene rings is 2. The van der Waals surface area contributed by atoms with Crippen LogP contribution in [0.25, 0.3) is 32.1 Å². The topological polar surface area (TPSA) is 101 Å². The van der Waals surface area contributed by atoms with Gasteiger partial charge in [-0.1, -0.05) is 6.07 Å². The molecule has 12 heteroatoms. The van der Waals surface area contributed by atoms with E-state index in [0.29, 0.717) is 55.1 Å². The number of nitriles is 1. The van der Waals surface area contributed by atoms with E-state index in [1.807, 2.05) is 18.0 Å². The van der Waals surface area contributed by atoms with E-state index < -0.39 is 23.3 Å². The number of aromatic nitrogens is 2. The molecule has 2 aromatic carbocycles. The number of nitrogens with zero attached hydrogens (tertiary/aromatic N) is 5. The van der Waals surface area contributed by atoms with E-state index in [1.165, 1.54) is 12.1 Å². The van der Waals surface area contributed by atoms with Gasteiger partial charge in [-0.15, -0.1) is 11.3 Å². The first-order chi connectivity index (χ1) is 19.8. The van der Waals surface area contributed by atoms with Crippen LogP contribution in [0.3, 0.4) is 0 Å². The molecule has 0 radical (unpaired) electrons. The Morgan fingerprint density at radius 2 is 2.07 bits per heavy atom. The molecule has 2 aromatic heterocycles. The van der Waals surface area contributed by atoms with Crippen molar-refractivity contribution >= 4 is 43.1 Å². The van der Waals surface area contributed by atoms with Crippen molar-refractivity contribution in [1.29, 1.82) is 5.26 Å². The number of thiophene rings is 1. The highest BCUT2D eigenvalue weighted by Crippen LogP contribution is 2.46. The SMILES string of the molecule is CN1CCCOc2cc(-c3ccc(F)c4sc(N)c(C#N)c34)c(F)c3nc(OC[C@@]45CCCN4C[C@H](F)C5)nc1c23. The molecule has 0 unspecified atom stereocenters. The van der Waals surface area contributed by atoms with Gasteiger partial charge in [-0.05, 0) is 43.5 Å². The van der Waals surface area contributed by atoms with Crippen LogP contribution in [0.15, 0.2) is 18.2 Å². The van der Waals surface area contributed by atoms with Gasteiger partial charge in [0.1, 0.15) is 46.8 Å². The lowest BCUT2D eigenvalue weighted by Crippen LogP contribution is -2.43. The second-order valence-electron chi connectivity index (χ2n) is 11.0. The Hall–Kier alpha value is -3.82. The van der Waals surface area contributed by atoms with Gasteiger partial charge < -0.3 is 20.1 Å². The highest BCUT2D eigenvalue weighted by Gasteiger charge is 2.49. The molecule has 0 bridgehead atoms. The first kappa shape index (κ1) is 26.1. The van der Waals surface area contributed by atoms with Gasteiger partial charge in [0, 0.05) is 37.5 Å². The fourth-order valence-corrected chi connectivity index (χ4v) is 7.57. The van der Waals surface area contributed by atoms with Gasteiger partial charge in [0.2, 0.25) is 0 Å². The highest BCUT2D eigenvalue weighted by molar-refractivity contribution is 7.23. The van der Waals surface area contributed by atoms with Crippen molar-refractivity contribution in [3.05, 3.63) is 35.4 Å². The van der Waals surface area contributed by atoms with Crippen molar-refractivity contribution in [3.63, 3.8) is 0 Å². The second kappa shape index (κ2) is 9.63. The van der Waals surface area contributed by atoms with Gasteiger partial charge in [-0.3, -0.25) is 4.90 Å². The third kappa shape index (κ3) is 4.05. The number of alkyl halides is 1. The zero-order valence-corrected chi connectivity index (χ0v) is 23.2. The molecular formula is C29H27F3N6O2S. The van der Waals surface area contributed by atoms with Gasteiger partial charge in [-0.2, -0.15) is 15.2 Å². The number of anilines is 2. The molecule has 4 aromatic rings. The molecule has 3 aliphatic rings. The van der Waals surface area contributed by atoms with Crippen LogP contribution in [0.2, 0.25) is 0 Å². The Morgan fingerprint density at radius 1 is 1.22 bits per heavy atom. The van der Waals surface area contributed by atoms with E-state index >= 15 is 4.39 Å². The van der Waals surface area contributed by atoms with Gasteiger partial charge in [0.15, 0.2) is 5.82 Å². The zero-order valence-electron chi connectivity index (χ0n) is 22.3. The molecule has 2 fully saturated rings. The smallest absolute Gasteiger partial charge is 0.319 e. The zero-order chi connectivity index (χ0) is 28.5. The molecule has 0 saturated carbocycles. The number of hydrogen-bond acceptors (Lipinski definition) is 9. The van der Waals surface area contributed by atoms with Crippen molar-refractivity contribution < 1.29 is 22.6 Å². The van der Waals surface area contributed by atoms with E-state index in [2.05, 4.69) is 14.9 Å². The van der Waals surface area contributed by atoms with Crippen LogP contribution in [-0.4, -0.2) is 66.5 Å². The Labute approximate surface area is 238 Å². The summed E-state index contributed by atoms with van der Waals surface area (Å²) >= 11 is 0.950. The average molecular weight is 581 g/mol. The summed E-state index contributed by atoms with van der Waals surface area (Å²) in [6.07, 6.45) is 1.95. The third-order valence-corrected chi connectivity index (χ3v) is 9.57. The summed E-state index contributed by atoms with van der Waals surface area (Å²) < 4.78 is 58.1.